The fourth-order valence-corrected chi connectivity index (χ4v) is 8.21. The largest absolute Gasteiger partial charge is 0.207 e. The maximum Gasteiger partial charge on any atom is 0.126 e. The molecule has 0 nitrogen and oxygen atoms in total. The zero-order chi connectivity index (χ0) is 27.0. The van der Waals surface area contributed by atoms with Crippen LogP contribution in [0.4, 0.5) is 4.39 Å². The summed E-state index contributed by atoms with van der Waals surface area (Å²) in [7, 11) is 0. The van der Waals surface area contributed by atoms with Gasteiger partial charge in [-0.1, -0.05) is 101 Å². The van der Waals surface area contributed by atoms with Gasteiger partial charge in [-0.15, -0.1) is 0 Å². The molecule has 39 heavy (non-hydrogen) atoms. The van der Waals surface area contributed by atoms with Gasteiger partial charge in [0.05, 0.1) is 0 Å². The number of aryl methyl sites for hydroxylation is 1. The summed E-state index contributed by atoms with van der Waals surface area (Å²) in [5.74, 6) is 4.24. The van der Waals surface area contributed by atoms with Crippen molar-refractivity contribution >= 4 is 5.57 Å². The van der Waals surface area contributed by atoms with Crippen LogP contribution in [0, 0.1) is 23.6 Å². The highest BCUT2D eigenvalue weighted by molar-refractivity contribution is 5.67. The molecule has 0 saturated heterocycles. The molecule has 1 atom stereocenters. The van der Waals surface area contributed by atoms with Crippen LogP contribution in [0.2, 0.25) is 0 Å². The van der Waals surface area contributed by atoms with Gasteiger partial charge in [-0.05, 0) is 128 Å². The van der Waals surface area contributed by atoms with Crippen molar-refractivity contribution in [3.05, 3.63) is 76.6 Å². The predicted molar refractivity (Wildman–Crippen MR) is 166 cm³/mol. The van der Waals surface area contributed by atoms with E-state index in [0.29, 0.717) is 5.92 Å². The van der Waals surface area contributed by atoms with Gasteiger partial charge in [0.1, 0.15) is 5.82 Å². The SMILES string of the molecule is CCCCCC1CCC(C2CCC(c3ccc(C4=CCC(c5ccc(CCC)c(F)c5)CC4)cc3)CC2)CC1. The minimum Gasteiger partial charge on any atom is -0.207 e. The molecule has 5 rings (SSSR count). The molecule has 0 radical (unpaired) electrons. The van der Waals surface area contributed by atoms with Crippen LogP contribution in [0.5, 0.6) is 0 Å². The van der Waals surface area contributed by atoms with Gasteiger partial charge in [-0.2, -0.15) is 0 Å². The summed E-state index contributed by atoms with van der Waals surface area (Å²) >= 11 is 0. The van der Waals surface area contributed by atoms with Crippen molar-refractivity contribution in [1.29, 1.82) is 0 Å². The third kappa shape index (κ3) is 7.45. The molecule has 0 amide bonds. The smallest absolute Gasteiger partial charge is 0.126 e. The minimum absolute atomic E-state index is 0.0149. The van der Waals surface area contributed by atoms with Gasteiger partial charge in [-0.25, -0.2) is 4.39 Å². The molecule has 3 aliphatic carbocycles. The highest BCUT2D eigenvalue weighted by Gasteiger charge is 2.31. The van der Waals surface area contributed by atoms with E-state index in [1.54, 1.807) is 11.6 Å². The van der Waals surface area contributed by atoms with E-state index in [1.807, 2.05) is 6.07 Å². The van der Waals surface area contributed by atoms with Crippen LogP contribution in [0.1, 0.15) is 151 Å². The van der Waals surface area contributed by atoms with Crippen molar-refractivity contribution in [2.24, 2.45) is 17.8 Å². The fraction of sp³-hybridized carbons (Fsp3) is 0.632. The standard InChI is InChI=1S/C38H53F/c1-3-5-6-8-28-9-11-29(12-10-28)30-13-15-31(16-14-30)32-17-19-33(20-18-32)34-21-23-35(24-22-34)37-26-25-36(7-4-2)38(39)27-37/h17-21,25-31,35H,3-16,22-24H2,1-2H3. The first-order chi connectivity index (χ1) is 19.1. The van der Waals surface area contributed by atoms with Crippen molar-refractivity contribution in [2.45, 2.75) is 135 Å². The Morgan fingerprint density at radius 1 is 0.692 bits per heavy atom. The van der Waals surface area contributed by atoms with Gasteiger partial charge in [0.15, 0.2) is 0 Å². The number of halogens is 1. The van der Waals surface area contributed by atoms with Gasteiger partial charge in [0.25, 0.3) is 0 Å². The third-order valence-electron chi connectivity index (χ3n) is 10.8. The average Bonchev–Trinajstić information content (AvgIpc) is 2.99. The molecule has 2 aromatic rings. The minimum atomic E-state index is -0.0149. The average molecular weight is 529 g/mol. The number of allylic oxidation sites excluding steroid dienone is 2. The number of rotatable bonds is 10. The maximum absolute atomic E-state index is 14.5. The first-order valence-electron chi connectivity index (χ1n) is 16.7. The molecule has 3 aliphatic rings. The Morgan fingerprint density at radius 2 is 1.38 bits per heavy atom. The number of benzene rings is 2. The van der Waals surface area contributed by atoms with Gasteiger partial charge in [-0.3, -0.25) is 0 Å². The molecular weight excluding hydrogens is 475 g/mol. The Hall–Kier alpha value is -1.89. The monoisotopic (exact) mass is 528 g/mol. The molecule has 0 N–H and O–H groups in total. The third-order valence-corrected chi connectivity index (χ3v) is 10.8. The Balaban J connectivity index is 1.08. The van der Waals surface area contributed by atoms with E-state index < -0.39 is 0 Å². The molecule has 0 spiro atoms. The van der Waals surface area contributed by atoms with Crippen molar-refractivity contribution in [3.63, 3.8) is 0 Å². The molecule has 2 fully saturated rings. The summed E-state index contributed by atoms with van der Waals surface area (Å²) in [6.07, 6.45) is 24.9. The van der Waals surface area contributed by atoms with Crippen molar-refractivity contribution < 1.29 is 4.39 Å². The lowest BCUT2D eigenvalue weighted by molar-refractivity contribution is 0.155. The van der Waals surface area contributed by atoms with Crippen LogP contribution < -0.4 is 0 Å². The fourth-order valence-electron chi connectivity index (χ4n) is 8.21. The summed E-state index contributed by atoms with van der Waals surface area (Å²) in [4.78, 5) is 0. The molecule has 2 saturated carbocycles. The second kappa shape index (κ2) is 14.1. The lowest BCUT2D eigenvalue weighted by atomic mass is 9.68. The zero-order valence-corrected chi connectivity index (χ0v) is 24.9. The second-order valence-corrected chi connectivity index (χ2v) is 13.3. The van der Waals surface area contributed by atoms with Crippen molar-refractivity contribution in [1.82, 2.24) is 0 Å². The first kappa shape index (κ1) is 28.6. The van der Waals surface area contributed by atoms with Crippen molar-refractivity contribution in [2.75, 3.05) is 0 Å². The second-order valence-electron chi connectivity index (χ2n) is 13.3. The lowest BCUT2D eigenvalue weighted by Gasteiger charge is -2.38. The molecule has 0 heterocycles. The Bertz CT molecular complexity index is 1050. The van der Waals surface area contributed by atoms with E-state index in [1.165, 1.54) is 93.7 Å². The topological polar surface area (TPSA) is 0 Å². The normalized spacial score (nSPS) is 27.8. The maximum atomic E-state index is 14.5. The number of unbranched alkanes of at least 4 members (excludes halogenated alkanes) is 2. The molecule has 1 heteroatoms. The van der Waals surface area contributed by atoms with Gasteiger partial charge in [0.2, 0.25) is 0 Å². The molecule has 0 bridgehead atoms. The van der Waals surface area contributed by atoms with E-state index in [4.69, 9.17) is 0 Å². The summed E-state index contributed by atoms with van der Waals surface area (Å²) in [6, 6.07) is 15.6. The number of hydrogen-bond donors (Lipinski definition) is 0. The molecule has 0 aromatic heterocycles. The zero-order valence-electron chi connectivity index (χ0n) is 24.9. The number of hydrogen-bond acceptors (Lipinski definition) is 0. The highest BCUT2D eigenvalue weighted by Crippen LogP contribution is 2.45. The quantitative estimate of drug-likeness (QED) is 0.269. The molecule has 0 aliphatic heterocycles. The Morgan fingerprint density at radius 3 is 2.00 bits per heavy atom. The molecular formula is C38H53F. The predicted octanol–water partition coefficient (Wildman–Crippen LogP) is 11.8. The van der Waals surface area contributed by atoms with E-state index in [2.05, 4.69) is 50.3 Å². The van der Waals surface area contributed by atoms with E-state index >= 15 is 0 Å². The summed E-state index contributed by atoms with van der Waals surface area (Å²) in [5.41, 5.74) is 6.48. The highest BCUT2D eigenvalue weighted by atomic mass is 19.1. The summed E-state index contributed by atoms with van der Waals surface area (Å²) in [6.45, 7) is 4.43. The van der Waals surface area contributed by atoms with Gasteiger partial charge >= 0.3 is 0 Å². The Labute approximate surface area is 238 Å². The van der Waals surface area contributed by atoms with Gasteiger partial charge < -0.3 is 0 Å². The summed E-state index contributed by atoms with van der Waals surface area (Å²) < 4.78 is 14.5. The van der Waals surface area contributed by atoms with Crippen molar-refractivity contribution in [3.8, 4) is 0 Å². The first-order valence-corrected chi connectivity index (χ1v) is 16.7. The summed E-state index contributed by atoms with van der Waals surface area (Å²) in [5, 5.41) is 0. The van der Waals surface area contributed by atoms with Crippen LogP contribution in [-0.2, 0) is 6.42 Å². The molecule has 212 valence electrons. The lowest BCUT2D eigenvalue weighted by Crippen LogP contribution is -2.25. The van der Waals surface area contributed by atoms with Crippen LogP contribution >= 0.6 is 0 Å². The molecule has 2 aromatic carbocycles. The molecule has 1 unspecified atom stereocenters. The van der Waals surface area contributed by atoms with E-state index in [0.717, 1.165) is 61.3 Å². The van der Waals surface area contributed by atoms with Gasteiger partial charge in [0, 0.05) is 0 Å². The van der Waals surface area contributed by atoms with Crippen LogP contribution in [0.15, 0.2) is 48.5 Å². The van der Waals surface area contributed by atoms with E-state index in [9.17, 15) is 4.39 Å². The van der Waals surface area contributed by atoms with Crippen LogP contribution in [0.25, 0.3) is 5.57 Å². The van der Waals surface area contributed by atoms with Crippen LogP contribution in [-0.4, -0.2) is 0 Å². The Kier molecular flexibility index (Phi) is 10.4. The van der Waals surface area contributed by atoms with Crippen LogP contribution in [0.3, 0.4) is 0 Å². The van der Waals surface area contributed by atoms with E-state index in [-0.39, 0.29) is 5.82 Å².